The first kappa shape index (κ1) is 23.6. The van der Waals surface area contributed by atoms with Crippen molar-refractivity contribution < 1.29 is 19.1 Å². The zero-order chi connectivity index (χ0) is 23.3. The number of likely N-dealkylation sites (N-methyl/N-ethyl adjacent to an activating group) is 1. The number of nitrogens with zero attached hydrogens (tertiary/aromatic N) is 2. The molecule has 0 N–H and O–H groups in total. The van der Waals surface area contributed by atoms with E-state index in [1.165, 1.54) is 0 Å². The number of likely N-dealkylation sites (tertiary alicyclic amines) is 1. The molecule has 6 nitrogen and oxygen atoms in total. The van der Waals surface area contributed by atoms with Crippen molar-refractivity contribution in [2.24, 2.45) is 0 Å². The summed E-state index contributed by atoms with van der Waals surface area (Å²) in [6, 6.07) is 17.2. The summed E-state index contributed by atoms with van der Waals surface area (Å²) < 4.78 is 11.4. The van der Waals surface area contributed by atoms with E-state index in [0.29, 0.717) is 25.9 Å². The molecule has 172 valence electrons. The molecule has 0 radical (unpaired) electrons. The Morgan fingerprint density at radius 2 is 1.75 bits per heavy atom. The number of rotatable bonds is 6. The lowest BCUT2D eigenvalue weighted by atomic mass is 9.88. The van der Waals surface area contributed by atoms with E-state index in [2.05, 4.69) is 0 Å². The Labute approximate surface area is 191 Å². The van der Waals surface area contributed by atoms with Crippen LogP contribution in [0.25, 0.3) is 0 Å². The van der Waals surface area contributed by atoms with Gasteiger partial charge in [0.15, 0.2) is 0 Å². The van der Waals surface area contributed by atoms with E-state index in [-0.39, 0.29) is 24.1 Å². The molecule has 3 rings (SSSR count). The van der Waals surface area contributed by atoms with Crippen molar-refractivity contribution in [3.63, 3.8) is 0 Å². The highest BCUT2D eigenvalue weighted by molar-refractivity contribution is 5.78. The molecule has 1 heterocycles. The van der Waals surface area contributed by atoms with Gasteiger partial charge in [0.25, 0.3) is 0 Å². The third kappa shape index (κ3) is 5.42. The van der Waals surface area contributed by atoms with Crippen LogP contribution in [0.5, 0.6) is 5.75 Å². The van der Waals surface area contributed by atoms with Crippen LogP contribution in [0, 0.1) is 0 Å². The van der Waals surface area contributed by atoms with E-state index in [9.17, 15) is 9.59 Å². The first-order valence-corrected chi connectivity index (χ1v) is 11.2. The van der Waals surface area contributed by atoms with Gasteiger partial charge >= 0.3 is 6.09 Å². The number of benzene rings is 2. The molecule has 2 amide bonds. The smallest absolute Gasteiger partial charge is 0.410 e. The van der Waals surface area contributed by atoms with Crippen molar-refractivity contribution in [1.29, 1.82) is 0 Å². The maximum Gasteiger partial charge on any atom is 0.410 e. The summed E-state index contributed by atoms with van der Waals surface area (Å²) in [5, 5.41) is 0. The molecule has 2 aromatic rings. The molecule has 0 bridgehead atoms. The predicted octanol–water partition coefficient (Wildman–Crippen LogP) is 5.18. The number of methoxy groups -OCH3 is 1. The lowest BCUT2D eigenvalue weighted by molar-refractivity contribution is -0.139. The molecule has 0 aromatic heterocycles. The van der Waals surface area contributed by atoms with Crippen LogP contribution >= 0.6 is 0 Å². The molecular formula is C26H34N2O4. The number of piperidine rings is 1. The van der Waals surface area contributed by atoms with Crippen LogP contribution in [0.2, 0.25) is 0 Å². The quantitative estimate of drug-likeness (QED) is 0.623. The number of ether oxygens (including phenoxy) is 2. The fourth-order valence-electron chi connectivity index (χ4n) is 4.34. The van der Waals surface area contributed by atoms with Crippen LogP contribution in [0.3, 0.4) is 0 Å². The zero-order valence-electron chi connectivity index (χ0n) is 19.7. The predicted molar refractivity (Wildman–Crippen MR) is 124 cm³/mol. The largest absolute Gasteiger partial charge is 0.496 e. The van der Waals surface area contributed by atoms with E-state index in [1.54, 1.807) is 12.0 Å². The number of carbonyl (C=O) groups is 2. The normalized spacial score (nSPS) is 18.9. The number of para-hydroxylation sites is 1. The van der Waals surface area contributed by atoms with Gasteiger partial charge in [0.1, 0.15) is 11.4 Å². The van der Waals surface area contributed by atoms with Crippen molar-refractivity contribution in [3.8, 4) is 5.75 Å². The minimum atomic E-state index is -0.632. The van der Waals surface area contributed by atoms with Gasteiger partial charge < -0.3 is 14.4 Å². The summed E-state index contributed by atoms with van der Waals surface area (Å²) in [5.74, 6) is 0.829. The van der Waals surface area contributed by atoms with Crippen molar-refractivity contribution in [2.75, 3.05) is 13.7 Å². The third-order valence-corrected chi connectivity index (χ3v) is 5.72. The van der Waals surface area contributed by atoms with Crippen molar-refractivity contribution in [3.05, 3.63) is 65.7 Å². The van der Waals surface area contributed by atoms with Crippen LogP contribution in [0.1, 0.15) is 57.7 Å². The van der Waals surface area contributed by atoms with Gasteiger partial charge in [-0.15, -0.1) is 0 Å². The van der Waals surface area contributed by atoms with Gasteiger partial charge in [-0.25, -0.2) is 4.79 Å². The number of amides is 2. The Morgan fingerprint density at radius 1 is 1.09 bits per heavy atom. The molecule has 1 saturated heterocycles. The molecule has 0 spiro atoms. The van der Waals surface area contributed by atoms with Gasteiger partial charge in [-0.2, -0.15) is 0 Å². The molecule has 1 aliphatic heterocycles. The number of hydrogen-bond donors (Lipinski definition) is 0. The Kier molecular flexibility index (Phi) is 7.44. The summed E-state index contributed by atoms with van der Waals surface area (Å²) in [5.41, 5.74) is 1.28. The average Bonchev–Trinajstić information content (AvgIpc) is 2.77. The topological polar surface area (TPSA) is 59.1 Å². The van der Waals surface area contributed by atoms with Gasteiger partial charge in [-0.1, -0.05) is 48.5 Å². The Morgan fingerprint density at radius 3 is 2.38 bits per heavy atom. The van der Waals surface area contributed by atoms with Gasteiger partial charge in [-0.05, 0) is 45.7 Å². The van der Waals surface area contributed by atoms with Crippen LogP contribution in [-0.4, -0.2) is 47.1 Å². The SMILES string of the molecule is CCN1C(=O)CCC(N(Cc2ccccc2OC)C(=O)OC(C)(C)C)C1c1ccccc1. The molecule has 0 aliphatic carbocycles. The highest BCUT2D eigenvalue weighted by atomic mass is 16.6. The lowest BCUT2D eigenvalue weighted by Crippen LogP contribution is -2.54. The van der Waals surface area contributed by atoms with Crippen LogP contribution in [0.15, 0.2) is 54.6 Å². The van der Waals surface area contributed by atoms with Gasteiger partial charge in [0, 0.05) is 18.5 Å². The van der Waals surface area contributed by atoms with E-state index >= 15 is 0 Å². The molecule has 2 atom stereocenters. The van der Waals surface area contributed by atoms with Crippen LogP contribution in [0.4, 0.5) is 4.79 Å². The second-order valence-electron chi connectivity index (χ2n) is 9.06. The maximum absolute atomic E-state index is 13.5. The third-order valence-electron chi connectivity index (χ3n) is 5.72. The highest BCUT2D eigenvalue weighted by Crippen LogP contribution is 2.37. The minimum absolute atomic E-state index is 0.110. The van der Waals surface area contributed by atoms with Crippen molar-refractivity contribution >= 4 is 12.0 Å². The fourth-order valence-corrected chi connectivity index (χ4v) is 4.34. The summed E-state index contributed by atoms with van der Waals surface area (Å²) in [7, 11) is 1.63. The molecule has 2 unspecified atom stereocenters. The standard InChI is InChI=1S/C26H34N2O4/c1-6-27-23(29)17-16-21(24(27)19-12-8-7-9-13-19)28(25(30)32-26(2,3)4)18-20-14-10-11-15-22(20)31-5/h7-15,21,24H,6,16-18H2,1-5H3. The average molecular weight is 439 g/mol. The Balaban J connectivity index is 2.06. The lowest BCUT2D eigenvalue weighted by Gasteiger charge is -2.46. The second-order valence-corrected chi connectivity index (χ2v) is 9.06. The molecule has 1 fully saturated rings. The van der Waals surface area contributed by atoms with E-state index < -0.39 is 5.60 Å². The first-order chi connectivity index (χ1) is 15.2. The molecule has 32 heavy (non-hydrogen) atoms. The molecule has 6 heteroatoms. The van der Waals surface area contributed by atoms with Gasteiger partial charge in [0.2, 0.25) is 5.91 Å². The van der Waals surface area contributed by atoms with E-state index in [1.807, 2.05) is 87.2 Å². The molecular weight excluding hydrogens is 404 g/mol. The van der Waals surface area contributed by atoms with Gasteiger partial charge in [0.05, 0.1) is 25.7 Å². The van der Waals surface area contributed by atoms with E-state index in [4.69, 9.17) is 9.47 Å². The minimum Gasteiger partial charge on any atom is -0.496 e. The molecule has 1 aliphatic rings. The summed E-state index contributed by atoms with van der Waals surface area (Å²) in [6.07, 6.45) is 0.579. The summed E-state index contributed by atoms with van der Waals surface area (Å²) >= 11 is 0. The number of carbonyl (C=O) groups excluding carboxylic acids is 2. The van der Waals surface area contributed by atoms with Gasteiger partial charge in [-0.3, -0.25) is 9.69 Å². The first-order valence-electron chi connectivity index (χ1n) is 11.2. The van der Waals surface area contributed by atoms with Crippen LogP contribution in [-0.2, 0) is 16.1 Å². The fraction of sp³-hybridized carbons (Fsp3) is 0.462. The van der Waals surface area contributed by atoms with Crippen molar-refractivity contribution in [1.82, 2.24) is 9.80 Å². The summed E-state index contributed by atoms with van der Waals surface area (Å²) in [4.78, 5) is 29.9. The zero-order valence-corrected chi connectivity index (χ0v) is 19.7. The Bertz CT molecular complexity index is 923. The summed E-state index contributed by atoms with van der Waals surface area (Å²) in [6.45, 7) is 8.48. The Hall–Kier alpha value is -3.02. The molecule has 0 saturated carbocycles. The second kappa shape index (κ2) is 10.1. The maximum atomic E-state index is 13.5. The monoisotopic (exact) mass is 438 g/mol. The molecule has 2 aromatic carbocycles. The van der Waals surface area contributed by atoms with Crippen molar-refractivity contribution in [2.45, 2.75) is 64.8 Å². The van der Waals surface area contributed by atoms with Crippen LogP contribution < -0.4 is 4.74 Å². The van der Waals surface area contributed by atoms with E-state index in [0.717, 1.165) is 16.9 Å². The highest BCUT2D eigenvalue weighted by Gasteiger charge is 2.42. The number of hydrogen-bond acceptors (Lipinski definition) is 4.